The van der Waals surface area contributed by atoms with E-state index in [2.05, 4.69) is 84.6 Å². The van der Waals surface area contributed by atoms with E-state index in [-0.39, 0.29) is 149 Å². The summed E-state index contributed by atoms with van der Waals surface area (Å²) in [5.41, 5.74) is 0.231. The van der Waals surface area contributed by atoms with Gasteiger partial charge in [0.1, 0.15) is 26.2 Å². The van der Waals surface area contributed by atoms with Crippen LogP contribution in [-0.2, 0) is 76.7 Å². The molecule has 44 nitrogen and oxygen atoms in total. The van der Waals surface area contributed by atoms with Crippen LogP contribution in [0.1, 0.15) is 25.7 Å². The van der Waals surface area contributed by atoms with Gasteiger partial charge in [0.05, 0.1) is 171 Å². The van der Waals surface area contributed by atoms with Gasteiger partial charge >= 0.3 is 119 Å². The predicted molar refractivity (Wildman–Crippen MR) is 349 cm³/mol. The van der Waals surface area contributed by atoms with E-state index in [4.69, 9.17) is 51.1 Å². The van der Waals surface area contributed by atoms with E-state index in [1.165, 1.54) is 43.9 Å². The maximum atomic E-state index is 11.0. The minimum absolute atomic E-state index is 0. The number of carbonyl (C=O) groups excluding carboxylic acids is 6. The van der Waals surface area contributed by atoms with E-state index in [0.29, 0.717) is 13.1 Å². The van der Waals surface area contributed by atoms with E-state index in [9.17, 15) is 107 Å². The minimum atomic E-state index is -1.53. The molecule has 0 aromatic heterocycles. The summed E-state index contributed by atoms with van der Waals surface area (Å²) in [4.78, 5) is 185. The van der Waals surface area contributed by atoms with Crippen molar-refractivity contribution >= 4 is 107 Å². The van der Waals surface area contributed by atoms with E-state index < -0.39 is 174 Å². The van der Waals surface area contributed by atoms with Gasteiger partial charge < -0.3 is 150 Å². The Balaban J connectivity index is -0.000000157. The van der Waals surface area contributed by atoms with E-state index in [0.717, 1.165) is 29.4 Å². The Morgan fingerprint density at radius 2 is 0.387 bits per heavy atom. The monoisotopic (exact) mass is 1550 g/mol. The van der Waals surface area contributed by atoms with Gasteiger partial charge in [-0.2, -0.15) is 0 Å². The number of nitrogens with zero attached hydrogens (tertiary/aromatic N) is 8. The first-order valence-corrected chi connectivity index (χ1v) is 31.1. The average molecular weight is 1550 g/mol. The van der Waals surface area contributed by atoms with Gasteiger partial charge in [-0.05, 0) is 12.1 Å². The Morgan fingerprint density at radius 1 is 0.245 bits per heavy atom. The predicted octanol–water partition coefficient (Wildman–Crippen LogP) is -24.0. The second-order valence-corrected chi connectivity index (χ2v) is 23.9. The molecule has 0 unspecified atom stereocenters. The number of carbonyl (C=O) groups is 16. The molecule has 1 rings (SSSR count). The number of aliphatic carboxylic acids is 16. The topological polar surface area (TPSA) is 657 Å². The number of carboxylic acids is 16. The molecule has 0 bridgehead atoms. The number of rotatable bonds is 47. The minimum Gasteiger partial charge on any atom is -0.549 e. The van der Waals surface area contributed by atoms with Crippen molar-refractivity contribution in [2.45, 2.75) is 25.7 Å². The summed E-state index contributed by atoms with van der Waals surface area (Å²) >= 11 is 0. The van der Waals surface area contributed by atoms with Gasteiger partial charge in [0, 0.05) is 105 Å². The van der Waals surface area contributed by atoms with Crippen LogP contribution >= 0.6 is 0 Å². The van der Waals surface area contributed by atoms with Gasteiger partial charge in [0.2, 0.25) is 0 Å². The first-order chi connectivity index (χ1) is 47.7. The van der Waals surface area contributed by atoms with Crippen LogP contribution < -0.4 is 119 Å². The third-order valence-corrected chi connectivity index (χ3v) is 10.5. The van der Waals surface area contributed by atoms with Crippen LogP contribution in [0.15, 0.2) is 24.3 Å². The number of anilines is 2. The van der Waals surface area contributed by atoms with Crippen LogP contribution in [-0.4, -0.2) is 405 Å². The Hall–Kier alpha value is -8.06. The molecular weight excluding hydrogens is 1450 g/mol. The second-order valence-electron chi connectivity index (χ2n) is 23.9. The molecule has 600 valence electrons. The van der Waals surface area contributed by atoms with E-state index in [1.54, 1.807) is 9.80 Å². The Labute approximate surface area is 657 Å². The normalized spacial score (nSPS) is 10.1. The zero-order valence-corrected chi connectivity index (χ0v) is 66.7. The standard InChI is InChI=1S/C14H16N2O8.C14H24N2O8.2C10H16N2O8.4C3H9N.2Na/c17-11(18)5-15(6-12(19)20)9-3-1-2-4-10(9)16(7-13(21)22)8-14(23)24;17-11(18)1-5-15(6-2-12(19)20)9-10-16(7-3-13(21)22)8-4-14(23)24;2*13-7(14)3-11(4-8(15)16)1-2-12(5-9(17)18)6-10(19)20;4*1-4(2)3;;/h1-4H,5-8H2,(H,17,18)(H,19,20)(H,21,22)(H,23,24);1-10H2,(H,17,18)(H,19,20)(H,21,22)(H,23,24);2*1-6H2,(H,13,14)(H,15,16)(H,17,18)(H,19,20);4*1-3H3;;/q;;;;;;;;2*+1/p-2. The molecule has 14 N–H and O–H groups in total. The SMILES string of the molecule is C[NH+](C)C.C[NH+](C)C.C[NH+](C)C.C[NH+](C)C.O=C(O)CCN(CCC(=O)O)CCN(CCC(=O)O)CCC(=O)O.O=C(O)CN(CC(=O)O)c1ccccc1N(CC(=O)O)CC(=O)O.O=C([O-])CN(CCN(CC(=O)O)CC(=O)O)CC(=O)[O-].O=C([O-])CN(CCN(CC(=O)[O-])CC(=O)[O-])CC(=O)[O-].[Na+].[Na+]. The van der Waals surface area contributed by atoms with Crippen LogP contribution in [0.5, 0.6) is 0 Å². The Morgan fingerprint density at radius 3 is 0.519 bits per heavy atom. The van der Waals surface area contributed by atoms with Crippen LogP contribution in [0.2, 0.25) is 0 Å². The Kier molecular flexibility index (Phi) is 78.2. The van der Waals surface area contributed by atoms with Gasteiger partial charge in [-0.3, -0.25) is 67.5 Å². The molecule has 0 saturated heterocycles. The van der Waals surface area contributed by atoms with Gasteiger partial charge in [0.15, 0.2) is 0 Å². The molecule has 0 radical (unpaired) electrons. The maximum Gasteiger partial charge on any atom is 1.00 e. The summed E-state index contributed by atoms with van der Waals surface area (Å²) in [6.07, 6.45) is -0.540. The van der Waals surface area contributed by atoms with Crippen molar-refractivity contribution in [3.8, 4) is 0 Å². The Bertz CT molecular complexity index is 2350. The summed E-state index contributed by atoms with van der Waals surface area (Å²) in [6, 6.07) is 5.82. The molecule has 0 aliphatic carbocycles. The fraction of sp³-hybridized carbons (Fsp3) is 0.633. The van der Waals surface area contributed by atoms with Crippen molar-refractivity contribution in [2.75, 3.05) is 238 Å². The molecule has 0 heterocycles. The number of quaternary nitrogens is 4. The summed E-state index contributed by atoms with van der Waals surface area (Å²) in [5, 5.41) is 150. The number of carboxylic acid groups (broad SMARTS) is 16. The van der Waals surface area contributed by atoms with E-state index in [1.807, 2.05) is 0 Å². The van der Waals surface area contributed by atoms with Crippen LogP contribution in [0, 0.1) is 0 Å². The van der Waals surface area contributed by atoms with Crippen molar-refractivity contribution in [3.63, 3.8) is 0 Å². The number of nitrogens with one attached hydrogen (secondary N) is 4. The molecule has 0 fully saturated rings. The zero-order chi connectivity index (χ0) is 82.5. The molecule has 1 aromatic rings. The number of hydrogen-bond acceptors (Lipinski definition) is 30. The molecule has 0 saturated carbocycles. The number of benzene rings is 1. The third-order valence-electron chi connectivity index (χ3n) is 10.5. The van der Waals surface area contributed by atoms with Crippen molar-refractivity contribution in [1.29, 1.82) is 0 Å². The average Bonchev–Trinajstić information content (AvgIpc) is 0.816. The maximum absolute atomic E-state index is 11.0. The van der Waals surface area contributed by atoms with Gasteiger partial charge in [-0.1, -0.05) is 12.1 Å². The molecular formula is C60H106N12Na2O32. The van der Waals surface area contributed by atoms with E-state index >= 15 is 0 Å². The first-order valence-electron chi connectivity index (χ1n) is 31.1. The molecule has 46 heteroatoms. The fourth-order valence-corrected chi connectivity index (χ4v) is 6.97. The molecule has 106 heavy (non-hydrogen) atoms. The summed E-state index contributed by atoms with van der Waals surface area (Å²) in [6.45, 7) is -7.20. The number of para-hydroxylation sites is 2. The van der Waals surface area contributed by atoms with Crippen LogP contribution in [0.4, 0.5) is 11.4 Å². The van der Waals surface area contributed by atoms with Gasteiger partial charge in [-0.25, -0.2) is 0 Å². The summed E-state index contributed by atoms with van der Waals surface area (Å²) < 4.78 is 0. The van der Waals surface area contributed by atoms with Crippen LogP contribution in [0.25, 0.3) is 0 Å². The molecule has 0 amide bonds. The molecule has 0 aliphatic heterocycles. The summed E-state index contributed by atoms with van der Waals surface area (Å²) in [5.74, 6) is -20.8. The second kappa shape index (κ2) is 71.2. The quantitative estimate of drug-likeness (QED) is 0.0270. The largest absolute Gasteiger partial charge is 1.00 e. The molecule has 0 atom stereocenters. The van der Waals surface area contributed by atoms with Crippen LogP contribution in [0.3, 0.4) is 0 Å². The van der Waals surface area contributed by atoms with Crippen molar-refractivity contribution in [1.82, 2.24) is 29.4 Å². The van der Waals surface area contributed by atoms with Crippen molar-refractivity contribution in [3.05, 3.63) is 24.3 Å². The smallest absolute Gasteiger partial charge is 0.549 e. The molecule has 1 aromatic carbocycles. The van der Waals surface area contributed by atoms with Crippen molar-refractivity contribution < 1.29 is 237 Å². The first kappa shape index (κ1) is 116. The zero-order valence-electron chi connectivity index (χ0n) is 62.7. The van der Waals surface area contributed by atoms with Gasteiger partial charge in [0.25, 0.3) is 0 Å². The molecule has 0 aliphatic rings. The number of hydrogen-bond donors (Lipinski definition) is 14. The molecule has 0 spiro atoms. The summed E-state index contributed by atoms with van der Waals surface area (Å²) in [7, 11) is 25.0. The third kappa shape index (κ3) is 98.0. The van der Waals surface area contributed by atoms with Crippen molar-refractivity contribution in [2.24, 2.45) is 0 Å². The van der Waals surface area contributed by atoms with Gasteiger partial charge in [-0.15, -0.1) is 0 Å². The fourth-order valence-electron chi connectivity index (χ4n) is 6.97.